The highest BCUT2D eigenvalue weighted by atomic mass is 16.5. The Morgan fingerprint density at radius 3 is 2.70 bits per heavy atom. The van der Waals surface area contributed by atoms with Crippen molar-refractivity contribution >= 4 is 17.4 Å². The van der Waals surface area contributed by atoms with Gasteiger partial charge < -0.3 is 10.1 Å². The second-order valence-electron chi connectivity index (χ2n) is 6.07. The number of nitrogens with one attached hydrogen (secondary N) is 1. The van der Waals surface area contributed by atoms with Gasteiger partial charge in [0.2, 0.25) is 11.7 Å². The molecule has 0 radical (unpaired) electrons. The number of hydrogen-bond donors (Lipinski definition) is 1. The standard InChI is InChI=1S/C21H18N4O2/c1-27-19-6-3-2-5-16(19)13-20(26)23-17-9-7-15(8-10-17)18-14-25-12-4-11-22-21(25)24-18/h2-12,14H,13H2,1H3,(H,23,26). The first-order chi connectivity index (χ1) is 13.2. The van der Waals surface area contributed by atoms with E-state index in [1.54, 1.807) is 13.3 Å². The minimum Gasteiger partial charge on any atom is -0.496 e. The van der Waals surface area contributed by atoms with E-state index in [1.807, 2.05) is 71.4 Å². The highest BCUT2D eigenvalue weighted by molar-refractivity contribution is 5.92. The van der Waals surface area contributed by atoms with E-state index in [9.17, 15) is 4.79 Å². The van der Waals surface area contributed by atoms with Gasteiger partial charge in [0, 0.05) is 35.4 Å². The minimum atomic E-state index is -0.0934. The SMILES string of the molecule is COc1ccccc1CC(=O)Nc1ccc(-c2cn3cccnc3n2)cc1. The number of carbonyl (C=O) groups is 1. The number of carbonyl (C=O) groups excluding carboxylic acids is 1. The van der Waals surface area contributed by atoms with Crippen LogP contribution in [0.5, 0.6) is 5.75 Å². The fourth-order valence-electron chi connectivity index (χ4n) is 2.92. The Bertz CT molecular complexity index is 1050. The maximum atomic E-state index is 12.3. The van der Waals surface area contributed by atoms with Gasteiger partial charge in [0.25, 0.3) is 0 Å². The minimum absolute atomic E-state index is 0.0934. The van der Waals surface area contributed by atoms with Crippen LogP contribution >= 0.6 is 0 Å². The molecule has 0 fully saturated rings. The van der Waals surface area contributed by atoms with Gasteiger partial charge in [0.05, 0.1) is 19.2 Å². The van der Waals surface area contributed by atoms with Gasteiger partial charge in [-0.05, 0) is 24.3 Å². The third-order valence-electron chi connectivity index (χ3n) is 4.24. The third kappa shape index (κ3) is 3.64. The van der Waals surface area contributed by atoms with Crippen LogP contribution in [0.1, 0.15) is 5.56 Å². The van der Waals surface area contributed by atoms with E-state index >= 15 is 0 Å². The van der Waals surface area contributed by atoms with E-state index in [2.05, 4.69) is 15.3 Å². The molecule has 2 aromatic carbocycles. The highest BCUT2D eigenvalue weighted by Gasteiger charge is 2.09. The van der Waals surface area contributed by atoms with E-state index < -0.39 is 0 Å². The third-order valence-corrected chi connectivity index (χ3v) is 4.24. The summed E-state index contributed by atoms with van der Waals surface area (Å²) in [4.78, 5) is 21.1. The quantitative estimate of drug-likeness (QED) is 0.592. The van der Waals surface area contributed by atoms with Gasteiger partial charge in [-0.15, -0.1) is 0 Å². The van der Waals surface area contributed by atoms with Crippen LogP contribution in [-0.4, -0.2) is 27.4 Å². The lowest BCUT2D eigenvalue weighted by Crippen LogP contribution is -2.14. The average Bonchev–Trinajstić information content (AvgIpc) is 3.13. The normalized spacial score (nSPS) is 10.7. The topological polar surface area (TPSA) is 68.5 Å². The van der Waals surface area contributed by atoms with Crippen molar-refractivity contribution in [2.75, 3.05) is 12.4 Å². The molecule has 0 aliphatic heterocycles. The Labute approximate surface area is 156 Å². The zero-order valence-electron chi connectivity index (χ0n) is 14.8. The van der Waals surface area contributed by atoms with Crippen molar-refractivity contribution in [3.8, 4) is 17.0 Å². The Hall–Kier alpha value is -3.67. The maximum absolute atomic E-state index is 12.3. The molecule has 0 aliphatic rings. The summed E-state index contributed by atoms with van der Waals surface area (Å²) in [5.74, 6) is 1.27. The van der Waals surface area contributed by atoms with Crippen LogP contribution in [0.2, 0.25) is 0 Å². The van der Waals surface area contributed by atoms with E-state index in [-0.39, 0.29) is 12.3 Å². The van der Waals surface area contributed by atoms with Crippen LogP contribution in [0.15, 0.2) is 73.2 Å². The van der Waals surface area contributed by atoms with Crippen molar-refractivity contribution in [3.63, 3.8) is 0 Å². The number of para-hydroxylation sites is 1. The van der Waals surface area contributed by atoms with Gasteiger partial charge >= 0.3 is 0 Å². The first-order valence-corrected chi connectivity index (χ1v) is 8.55. The molecule has 0 aliphatic carbocycles. The van der Waals surface area contributed by atoms with E-state index in [0.29, 0.717) is 11.5 Å². The zero-order chi connectivity index (χ0) is 18.6. The van der Waals surface area contributed by atoms with Gasteiger partial charge in [-0.25, -0.2) is 9.97 Å². The molecular weight excluding hydrogens is 340 g/mol. The smallest absolute Gasteiger partial charge is 0.234 e. The molecule has 2 heterocycles. The number of fused-ring (bicyclic) bond motifs is 1. The molecule has 134 valence electrons. The lowest BCUT2D eigenvalue weighted by molar-refractivity contribution is -0.115. The van der Waals surface area contributed by atoms with Crippen LogP contribution in [0, 0.1) is 0 Å². The molecule has 0 spiro atoms. The lowest BCUT2D eigenvalue weighted by Gasteiger charge is -2.09. The van der Waals surface area contributed by atoms with E-state index in [0.717, 1.165) is 22.5 Å². The number of nitrogens with zero attached hydrogens (tertiary/aromatic N) is 3. The summed E-state index contributed by atoms with van der Waals surface area (Å²) >= 11 is 0. The lowest BCUT2D eigenvalue weighted by atomic mass is 10.1. The first-order valence-electron chi connectivity index (χ1n) is 8.55. The fraction of sp³-hybridized carbons (Fsp3) is 0.0952. The predicted octanol–water partition coefficient (Wildman–Crippen LogP) is 3.59. The van der Waals surface area contributed by atoms with Crippen LogP contribution < -0.4 is 10.1 Å². The van der Waals surface area contributed by atoms with Crippen LogP contribution in [-0.2, 0) is 11.2 Å². The number of aromatic nitrogens is 3. The number of hydrogen-bond acceptors (Lipinski definition) is 4. The second-order valence-corrected chi connectivity index (χ2v) is 6.07. The van der Waals surface area contributed by atoms with Crippen molar-refractivity contribution < 1.29 is 9.53 Å². The van der Waals surface area contributed by atoms with Crippen LogP contribution in [0.4, 0.5) is 5.69 Å². The van der Waals surface area contributed by atoms with Crippen molar-refractivity contribution in [2.45, 2.75) is 6.42 Å². The van der Waals surface area contributed by atoms with Crippen molar-refractivity contribution in [3.05, 3.63) is 78.8 Å². The summed E-state index contributed by atoms with van der Waals surface area (Å²) in [6, 6.07) is 17.0. The number of rotatable bonds is 5. The largest absolute Gasteiger partial charge is 0.496 e. The van der Waals surface area contributed by atoms with Gasteiger partial charge in [0.1, 0.15) is 5.75 Å². The molecule has 1 amide bonds. The maximum Gasteiger partial charge on any atom is 0.234 e. The highest BCUT2D eigenvalue weighted by Crippen LogP contribution is 2.22. The molecule has 6 nitrogen and oxygen atoms in total. The Morgan fingerprint density at radius 1 is 1.11 bits per heavy atom. The Balaban J connectivity index is 1.46. The van der Waals surface area contributed by atoms with Crippen LogP contribution in [0.3, 0.4) is 0 Å². The molecule has 0 saturated carbocycles. The molecule has 2 aromatic heterocycles. The summed E-state index contributed by atoms with van der Waals surface area (Å²) < 4.78 is 7.17. The number of benzene rings is 2. The predicted molar refractivity (Wildman–Crippen MR) is 104 cm³/mol. The molecule has 1 N–H and O–H groups in total. The molecule has 0 saturated heterocycles. The molecular formula is C21H18N4O2. The number of anilines is 1. The van der Waals surface area contributed by atoms with Gasteiger partial charge in [-0.1, -0.05) is 30.3 Å². The van der Waals surface area contributed by atoms with Gasteiger partial charge in [-0.2, -0.15) is 0 Å². The summed E-state index contributed by atoms with van der Waals surface area (Å²) in [7, 11) is 1.60. The Kier molecular flexibility index (Phi) is 4.53. The summed E-state index contributed by atoms with van der Waals surface area (Å²) in [5, 5.41) is 2.91. The molecule has 0 bridgehead atoms. The van der Waals surface area contributed by atoms with Gasteiger partial charge in [-0.3, -0.25) is 9.20 Å². The monoisotopic (exact) mass is 358 g/mol. The van der Waals surface area contributed by atoms with Crippen molar-refractivity contribution in [1.29, 1.82) is 0 Å². The Morgan fingerprint density at radius 2 is 1.93 bits per heavy atom. The summed E-state index contributed by atoms with van der Waals surface area (Å²) in [5.41, 5.74) is 3.38. The number of imidazole rings is 1. The molecule has 4 rings (SSSR count). The molecule has 4 aromatic rings. The number of amides is 1. The molecule has 6 heteroatoms. The van der Waals surface area contributed by atoms with Crippen molar-refractivity contribution in [2.24, 2.45) is 0 Å². The molecule has 27 heavy (non-hydrogen) atoms. The van der Waals surface area contributed by atoms with E-state index in [4.69, 9.17) is 4.74 Å². The zero-order valence-corrected chi connectivity index (χ0v) is 14.8. The fourth-order valence-corrected chi connectivity index (χ4v) is 2.92. The average molecular weight is 358 g/mol. The van der Waals surface area contributed by atoms with Crippen molar-refractivity contribution in [1.82, 2.24) is 14.4 Å². The molecule has 0 unspecified atom stereocenters. The second kappa shape index (κ2) is 7.29. The first kappa shape index (κ1) is 16.8. The summed E-state index contributed by atoms with van der Waals surface area (Å²) in [6.07, 6.45) is 5.80. The van der Waals surface area contributed by atoms with Crippen LogP contribution in [0.25, 0.3) is 17.0 Å². The van der Waals surface area contributed by atoms with Gasteiger partial charge in [0.15, 0.2) is 0 Å². The molecule has 0 atom stereocenters. The van der Waals surface area contributed by atoms with E-state index in [1.165, 1.54) is 0 Å². The number of ether oxygens (including phenoxy) is 1. The summed E-state index contributed by atoms with van der Waals surface area (Å²) in [6.45, 7) is 0. The number of methoxy groups -OCH3 is 1.